The highest BCUT2D eigenvalue weighted by Crippen LogP contribution is 2.52. The predicted octanol–water partition coefficient (Wildman–Crippen LogP) is 11.8. The Labute approximate surface area is 260 Å². The standard InChI is InChI=1S/C43H35N/c1-43(2)39-22-12-11-20-37(39)38-27-26-35(29-40(38)43)44(34-18-7-4-8-19-34)41-23-13-21-36(42(41)31-15-5-3-6-16-31)33-25-24-30-14-9-10-17-32(30)28-33/h3-9,11-16,18-29H,10,17H2,1-2H3. The lowest BCUT2D eigenvalue weighted by Gasteiger charge is -2.31. The highest BCUT2D eigenvalue weighted by atomic mass is 15.1. The maximum atomic E-state index is 2.45. The van der Waals surface area contributed by atoms with E-state index in [9.17, 15) is 0 Å². The van der Waals surface area contributed by atoms with Crippen molar-refractivity contribution in [3.63, 3.8) is 0 Å². The zero-order chi connectivity index (χ0) is 29.7. The van der Waals surface area contributed by atoms with Crippen molar-refractivity contribution in [2.45, 2.75) is 32.1 Å². The average Bonchev–Trinajstić information content (AvgIpc) is 3.31. The van der Waals surface area contributed by atoms with Gasteiger partial charge in [-0.15, -0.1) is 0 Å². The van der Waals surface area contributed by atoms with Crippen molar-refractivity contribution >= 4 is 23.1 Å². The summed E-state index contributed by atoms with van der Waals surface area (Å²) in [6, 6.07) is 51.4. The Morgan fingerprint density at radius 1 is 0.545 bits per heavy atom. The first-order valence-corrected chi connectivity index (χ1v) is 15.7. The van der Waals surface area contributed by atoms with Crippen LogP contribution in [0.25, 0.3) is 39.5 Å². The molecule has 0 unspecified atom stereocenters. The Kier molecular flexibility index (Phi) is 6.34. The molecule has 212 valence electrons. The second-order valence-corrected chi connectivity index (χ2v) is 12.5. The summed E-state index contributed by atoms with van der Waals surface area (Å²) in [4.78, 5) is 2.45. The van der Waals surface area contributed by atoms with Gasteiger partial charge in [-0.25, -0.2) is 0 Å². The lowest BCUT2D eigenvalue weighted by molar-refractivity contribution is 0.660. The van der Waals surface area contributed by atoms with E-state index in [1.807, 2.05) is 0 Å². The molecule has 8 rings (SSSR count). The molecule has 6 aromatic rings. The molecule has 0 radical (unpaired) electrons. The number of nitrogens with zero attached hydrogens (tertiary/aromatic N) is 1. The predicted molar refractivity (Wildman–Crippen MR) is 187 cm³/mol. The summed E-state index contributed by atoms with van der Waals surface area (Å²) < 4.78 is 0. The van der Waals surface area contributed by atoms with Crippen LogP contribution in [0.2, 0.25) is 0 Å². The fourth-order valence-corrected chi connectivity index (χ4v) is 7.31. The summed E-state index contributed by atoms with van der Waals surface area (Å²) >= 11 is 0. The maximum Gasteiger partial charge on any atom is 0.0546 e. The minimum Gasteiger partial charge on any atom is -0.310 e. The van der Waals surface area contributed by atoms with Crippen molar-refractivity contribution in [3.8, 4) is 33.4 Å². The van der Waals surface area contributed by atoms with Gasteiger partial charge in [-0.05, 0) is 93.2 Å². The van der Waals surface area contributed by atoms with E-state index in [4.69, 9.17) is 0 Å². The molecule has 0 saturated carbocycles. The molecule has 0 N–H and O–H groups in total. The highest BCUT2D eigenvalue weighted by Gasteiger charge is 2.36. The first kappa shape index (κ1) is 26.5. The van der Waals surface area contributed by atoms with Crippen LogP contribution >= 0.6 is 0 Å². The summed E-state index contributed by atoms with van der Waals surface area (Å²) in [7, 11) is 0. The Morgan fingerprint density at radius 2 is 1.27 bits per heavy atom. The van der Waals surface area contributed by atoms with E-state index in [2.05, 4.69) is 170 Å². The van der Waals surface area contributed by atoms with Crippen molar-refractivity contribution in [2.75, 3.05) is 4.90 Å². The van der Waals surface area contributed by atoms with Gasteiger partial charge in [0.15, 0.2) is 0 Å². The molecule has 1 nitrogen and oxygen atoms in total. The van der Waals surface area contributed by atoms with Crippen LogP contribution in [0.5, 0.6) is 0 Å². The molecule has 0 spiro atoms. The van der Waals surface area contributed by atoms with Crippen LogP contribution in [-0.4, -0.2) is 0 Å². The summed E-state index contributed by atoms with van der Waals surface area (Å²) in [5.74, 6) is 0. The topological polar surface area (TPSA) is 3.24 Å². The minimum absolute atomic E-state index is 0.0774. The quantitative estimate of drug-likeness (QED) is 0.201. The number of hydrogen-bond donors (Lipinski definition) is 0. The van der Waals surface area contributed by atoms with Gasteiger partial charge in [0.2, 0.25) is 0 Å². The van der Waals surface area contributed by atoms with Crippen LogP contribution < -0.4 is 4.90 Å². The van der Waals surface area contributed by atoms with Gasteiger partial charge in [0.1, 0.15) is 0 Å². The number of aryl methyl sites for hydroxylation is 1. The molecule has 0 saturated heterocycles. The Hall–Kier alpha value is -5.14. The minimum atomic E-state index is -0.0774. The van der Waals surface area contributed by atoms with Gasteiger partial charge in [-0.2, -0.15) is 0 Å². The number of benzene rings is 6. The molecule has 2 aliphatic carbocycles. The van der Waals surface area contributed by atoms with Crippen molar-refractivity contribution in [2.24, 2.45) is 0 Å². The van der Waals surface area contributed by atoms with Gasteiger partial charge in [0, 0.05) is 22.4 Å². The third kappa shape index (κ3) is 4.31. The lowest BCUT2D eigenvalue weighted by Crippen LogP contribution is -2.17. The van der Waals surface area contributed by atoms with Gasteiger partial charge < -0.3 is 4.90 Å². The zero-order valence-electron chi connectivity index (χ0n) is 25.3. The fourth-order valence-electron chi connectivity index (χ4n) is 7.31. The smallest absolute Gasteiger partial charge is 0.0546 e. The van der Waals surface area contributed by atoms with Gasteiger partial charge in [-0.1, -0.05) is 135 Å². The molecule has 0 heterocycles. The summed E-state index contributed by atoms with van der Waals surface area (Å²) in [5.41, 5.74) is 16.6. The Morgan fingerprint density at radius 3 is 2.11 bits per heavy atom. The number of hydrogen-bond acceptors (Lipinski definition) is 1. The number of anilines is 3. The Balaban J connectivity index is 1.37. The van der Waals surface area contributed by atoms with Gasteiger partial charge in [0.25, 0.3) is 0 Å². The van der Waals surface area contributed by atoms with E-state index in [-0.39, 0.29) is 5.41 Å². The van der Waals surface area contributed by atoms with Crippen LogP contribution in [0.3, 0.4) is 0 Å². The number of para-hydroxylation sites is 1. The SMILES string of the molecule is CC1(C)c2ccccc2-c2ccc(N(c3ccccc3)c3cccc(-c4ccc5c(c4)CCC=C5)c3-c3ccccc3)cc21. The lowest BCUT2D eigenvalue weighted by atomic mass is 9.82. The molecule has 0 fully saturated rings. The van der Waals surface area contributed by atoms with Crippen LogP contribution in [0.15, 0.2) is 146 Å². The van der Waals surface area contributed by atoms with Crippen molar-refractivity contribution in [1.29, 1.82) is 0 Å². The molecule has 0 atom stereocenters. The summed E-state index contributed by atoms with van der Waals surface area (Å²) in [5, 5.41) is 0. The Bertz CT molecular complexity index is 2030. The normalized spacial score (nSPS) is 14.0. The fraction of sp³-hybridized carbons (Fsp3) is 0.116. The van der Waals surface area contributed by atoms with E-state index in [0.717, 1.165) is 18.5 Å². The third-order valence-corrected chi connectivity index (χ3v) is 9.52. The van der Waals surface area contributed by atoms with Gasteiger partial charge in [0.05, 0.1) is 5.69 Å². The number of allylic oxidation sites excluding steroid dienone is 1. The van der Waals surface area contributed by atoms with Crippen molar-refractivity contribution in [1.82, 2.24) is 0 Å². The van der Waals surface area contributed by atoms with Gasteiger partial charge in [-0.3, -0.25) is 0 Å². The zero-order valence-corrected chi connectivity index (χ0v) is 25.3. The average molecular weight is 566 g/mol. The molecule has 0 amide bonds. The highest BCUT2D eigenvalue weighted by molar-refractivity contribution is 5.97. The molecule has 6 aromatic carbocycles. The summed E-state index contributed by atoms with van der Waals surface area (Å²) in [6.07, 6.45) is 6.74. The molecule has 0 bridgehead atoms. The summed E-state index contributed by atoms with van der Waals surface area (Å²) in [6.45, 7) is 4.71. The van der Waals surface area contributed by atoms with Gasteiger partial charge >= 0.3 is 0 Å². The number of rotatable bonds is 5. The van der Waals surface area contributed by atoms with E-state index in [1.165, 1.54) is 67.0 Å². The van der Waals surface area contributed by atoms with Crippen LogP contribution in [-0.2, 0) is 11.8 Å². The molecule has 0 aromatic heterocycles. The monoisotopic (exact) mass is 565 g/mol. The number of fused-ring (bicyclic) bond motifs is 4. The van der Waals surface area contributed by atoms with E-state index >= 15 is 0 Å². The van der Waals surface area contributed by atoms with E-state index in [0.29, 0.717) is 0 Å². The molecule has 1 heteroatoms. The van der Waals surface area contributed by atoms with Crippen LogP contribution in [0, 0.1) is 0 Å². The van der Waals surface area contributed by atoms with Crippen molar-refractivity contribution < 1.29 is 0 Å². The molecule has 0 aliphatic heterocycles. The molecular formula is C43H35N. The molecular weight excluding hydrogens is 530 g/mol. The van der Waals surface area contributed by atoms with E-state index < -0.39 is 0 Å². The first-order chi connectivity index (χ1) is 21.6. The maximum absolute atomic E-state index is 2.45. The first-order valence-electron chi connectivity index (χ1n) is 15.7. The van der Waals surface area contributed by atoms with E-state index in [1.54, 1.807) is 0 Å². The van der Waals surface area contributed by atoms with Crippen LogP contribution in [0.1, 0.15) is 42.5 Å². The molecule has 2 aliphatic rings. The second-order valence-electron chi connectivity index (χ2n) is 12.5. The third-order valence-electron chi connectivity index (χ3n) is 9.52. The van der Waals surface area contributed by atoms with Crippen LogP contribution in [0.4, 0.5) is 17.1 Å². The van der Waals surface area contributed by atoms with Crippen molar-refractivity contribution in [3.05, 3.63) is 168 Å². The molecule has 44 heavy (non-hydrogen) atoms. The second kappa shape index (κ2) is 10.5. The largest absolute Gasteiger partial charge is 0.310 e.